The Morgan fingerprint density at radius 1 is 1.32 bits per heavy atom. The summed E-state index contributed by atoms with van der Waals surface area (Å²) in [5.41, 5.74) is 1.58. The van der Waals surface area contributed by atoms with Gasteiger partial charge in [0.05, 0.1) is 11.7 Å². The van der Waals surface area contributed by atoms with Gasteiger partial charge in [-0.3, -0.25) is 4.68 Å². The SMILES string of the molecule is CNCCC(C)(C)Cc1ccn(C2CCCCC2)n1. The Balaban J connectivity index is 1.92. The monoisotopic (exact) mass is 263 g/mol. The van der Waals surface area contributed by atoms with E-state index in [1.165, 1.54) is 44.2 Å². The molecule has 1 saturated carbocycles. The molecule has 0 spiro atoms. The Labute approximate surface area is 117 Å². The molecule has 0 unspecified atom stereocenters. The molecule has 0 saturated heterocycles. The summed E-state index contributed by atoms with van der Waals surface area (Å²) in [7, 11) is 2.02. The zero-order valence-corrected chi connectivity index (χ0v) is 12.8. The van der Waals surface area contributed by atoms with Crippen molar-refractivity contribution in [2.24, 2.45) is 5.41 Å². The standard InChI is InChI=1S/C16H29N3/c1-16(2,10-11-17-3)13-14-9-12-19(18-14)15-7-5-4-6-8-15/h9,12,15,17H,4-8,10-11,13H2,1-3H3. The van der Waals surface area contributed by atoms with Crippen molar-refractivity contribution in [2.45, 2.75) is 64.8 Å². The maximum atomic E-state index is 4.82. The topological polar surface area (TPSA) is 29.9 Å². The zero-order valence-electron chi connectivity index (χ0n) is 12.8. The fourth-order valence-corrected chi connectivity index (χ4v) is 3.06. The van der Waals surface area contributed by atoms with Crippen molar-refractivity contribution in [1.29, 1.82) is 0 Å². The molecule has 19 heavy (non-hydrogen) atoms. The molecule has 1 heterocycles. The van der Waals surface area contributed by atoms with Gasteiger partial charge in [-0.25, -0.2) is 0 Å². The predicted molar refractivity (Wildman–Crippen MR) is 80.4 cm³/mol. The van der Waals surface area contributed by atoms with Gasteiger partial charge in [0.2, 0.25) is 0 Å². The van der Waals surface area contributed by atoms with E-state index < -0.39 is 0 Å². The minimum Gasteiger partial charge on any atom is -0.320 e. The highest BCUT2D eigenvalue weighted by Gasteiger charge is 2.21. The lowest BCUT2D eigenvalue weighted by atomic mass is 9.84. The number of hydrogen-bond donors (Lipinski definition) is 1. The van der Waals surface area contributed by atoms with Gasteiger partial charge in [-0.05, 0) is 50.8 Å². The smallest absolute Gasteiger partial charge is 0.0630 e. The molecular weight excluding hydrogens is 234 g/mol. The lowest BCUT2D eigenvalue weighted by Crippen LogP contribution is -2.22. The average Bonchev–Trinajstić information content (AvgIpc) is 2.85. The van der Waals surface area contributed by atoms with E-state index in [0.29, 0.717) is 11.5 Å². The third kappa shape index (κ3) is 4.34. The first-order chi connectivity index (χ1) is 9.11. The minimum absolute atomic E-state index is 0.328. The van der Waals surface area contributed by atoms with Crippen LogP contribution in [0.25, 0.3) is 0 Å². The first kappa shape index (κ1) is 14.6. The molecule has 1 aliphatic rings. The fraction of sp³-hybridized carbons (Fsp3) is 0.812. The fourth-order valence-electron chi connectivity index (χ4n) is 3.06. The van der Waals surface area contributed by atoms with Crippen LogP contribution in [0.4, 0.5) is 0 Å². The zero-order chi connectivity index (χ0) is 13.7. The highest BCUT2D eigenvalue weighted by molar-refractivity contribution is 5.03. The molecule has 2 rings (SSSR count). The summed E-state index contributed by atoms with van der Waals surface area (Å²) in [5, 5.41) is 8.06. The summed E-state index contributed by atoms with van der Waals surface area (Å²) >= 11 is 0. The first-order valence-corrected chi connectivity index (χ1v) is 7.79. The molecule has 0 atom stereocenters. The number of rotatable bonds is 6. The van der Waals surface area contributed by atoms with Crippen LogP contribution in [0.2, 0.25) is 0 Å². The van der Waals surface area contributed by atoms with E-state index in [2.05, 4.69) is 36.1 Å². The number of hydrogen-bond acceptors (Lipinski definition) is 2. The van der Waals surface area contributed by atoms with E-state index in [1.807, 2.05) is 7.05 Å². The molecule has 1 N–H and O–H groups in total. The highest BCUT2D eigenvalue weighted by Crippen LogP contribution is 2.29. The van der Waals surface area contributed by atoms with Gasteiger partial charge in [0.1, 0.15) is 0 Å². The second-order valence-corrected chi connectivity index (χ2v) is 6.77. The van der Waals surface area contributed by atoms with Crippen LogP contribution in [0, 0.1) is 5.41 Å². The van der Waals surface area contributed by atoms with E-state index in [4.69, 9.17) is 5.10 Å². The molecule has 0 aromatic carbocycles. The van der Waals surface area contributed by atoms with Crippen LogP contribution in [0.1, 0.15) is 64.1 Å². The number of nitrogens with zero attached hydrogens (tertiary/aromatic N) is 2. The van der Waals surface area contributed by atoms with E-state index in [9.17, 15) is 0 Å². The molecule has 3 nitrogen and oxygen atoms in total. The maximum Gasteiger partial charge on any atom is 0.0630 e. The third-order valence-electron chi connectivity index (χ3n) is 4.32. The molecule has 0 bridgehead atoms. The predicted octanol–water partition coefficient (Wildman–Crippen LogP) is 3.57. The third-order valence-corrected chi connectivity index (χ3v) is 4.32. The maximum absolute atomic E-state index is 4.82. The van der Waals surface area contributed by atoms with E-state index in [0.717, 1.165) is 13.0 Å². The summed E-state index contributed by atoms with van der Waals surface area (Å²) in [6.07, 6.45) is 11.2. The summed E-state index contributed by atoms with van der Waals surface area (Å²) in [6.45, 7) is 5.75. The van der Waals surface area contributed by atoms with Crippen LogP contribution in [0.3, 0.4) is 0 Å². The van der Waals surface area contributed by atoms with Gasteiger partial charge in [0.15, 0.2) is 0 Å². The van der Waals surface area contributed by atoms with Gasteiger partial charge in [-0.15, -0.1) is 0 Å². The average molecular weight is 263 g/mol. The van der Waals surface area contributed by atoms with Crippen LogP contribution in [0.15, 0.2) is 12.3 Å². The second kappa shape index (κ2) is 6.56. The van der Waals surface area contributed by atoms with Gasteiger partial charge in [0.25, 0.3) is 0 Å². The van der Waals surface area contributed by atoms with Crippen molar-refractivity contribution >= 4 is 0 Å². The molecule has 3 heteroatoms. The van der Waals surface area contributed by atoms with Gasteiger partial charge in [0, 0.05) is 6.20 Å². The van der Waals surface area contributed by atoms with Crippen molar-refractivity contribution in [3.8, 4) is 0 Å². The van der Waals surface area contributed by atoms with Crippen molar-refractivity contribution in [3.05, 3.63) is 18.0 Å². The van der Waals surface area contributed by atoms with Crippen LogP contribution >= 0.6 is 0 Å². The molecule has 1 aliphatic carbocycles. The molecule has 0 amide bonds. The summed E-state index contributed by atoms with van der Waals surface area (Å²) in [4.78, 5) is 0. The molecule has 1 fully saturated rings. The van der Waals surface area contributed by atoms with E-state index in [-0.39, 0.29) is 0 Å². The largest absolute Gasteiger partial charge is 0.320 e. The quantitative estimate of drug-likeness (QED) is 0.850. The van der Waals surface area contributed by atoms with Crippen LogP contribution < -0.4 is 5.32 Å². The molecule has 108 valence electrons. The first-order valence-electron chi connectivity index (χ1n) is 7.79. The Kier molecular flexibility index (Phi) is 5.03. The van der Waals surface area contributed by atoms with Crippen molar-refractivity contribution in [3.63, 3.8) is 0 Å². The van der Waals surface area contributed by atoms with Crippen molar-refractivity contribution in [2.75, 3.05) is 13.6 Å². The van der Waals surface area contributed by atoms with Crippen LogP contribution in [-0.4, -0.2) is 23.4 Å². The van der Waals surface area contributed by atoms with E-state index in [1.54, 1.807) is 0 Å². The second-order valence-electron chi connectivity index (χ2n) is 6.77. The lowest BCUT2D eigenvalue weighted by molar-refractivity contribution is 0.311. The Hall–Kier alpha value is -0.830. The van der Waals surface area contributed by atoms with Crippen molar-refractivity contribution < 1.29 is 0 Å². The Morgan fingerprint density at radius 2 is 2.05 bits per heavy atom. The summed E-state index contributed by atoms with van der Waals surface area (Å²) < 4.78 is 2.22. The van der Waals surface area contributed by atoms with Gasteiger partial charge in [-0.2, -0.15) is 5.10 Å². The van der Waals surface area contributed by atoms with Crippen LogP contribution in [0.5, 0.6) is 0 Å². The number of aromatic nitrogens is 2. The Morgan fingerprint density at radius 3 is 2.74 bits per heavy atom. The van der Waals surface area contributed by atoms with Crippen LogP contribution in [-0.2, 0) is 6.42 Å². The normalized spacial score (nSPS) is 17.8. The van der Waals surface area contributed by atoms with Gasteiger partial charge >= 0.3 is 0 Å². The van der Waals surface area contributed by atoms with Gasteiger partial charge in [-0.1, -0.05) is 33.1 Å². The molecule has 0 aliphatic heterocycles. The summed E-state index contributed by atoms with van der Waals surface area (Å²) in [5.74, 6) is 0. The number of nitrogens with one attached hydrogen (secondary N) is 1. The van der Waals surface area contributed by atoms with Gasteiger partial charge < -0.3 is 5.32 Å². The Bertz CT molecular complexity index is 375. The highest BCUT2D eigenvalue weighted by atomic mass is 15.3. The van der Waals surface area contributed by atoms with Crippen molar-refractivity contribution in [1.82, 2.24) is 15.1 Å². The minimum atomic E-state index is 0.328. The molecule has 1 aromatic rings. The van der Waals surface area contributed by atoms with E-state index >= 15 is 0 Å². The summed E-state index contributed by atoms with van der Waals surface area (Å²) in [6, 6.07) is 2.87. The molecule has 0 radical (unpaired) electrons. The molecule has 1 aromatic heterocycles. The molecular formula is C16H29N3. The lowest BCUT2D eigenvalue weighted by Gasteiger charge is -2.24.